The van der Waals surface area contributed by atoms with Crippen molar-refractivity contribution in [2.45, 2.75) is 39.5 Å². The van der Waals surface area contributed by atoms with Crippen molar-refractivity contribution >= 4 is 0 Å². The molecule has 1 unspecified atom stereocenters. The van der Waals surface area contributed by atoms with Gasteiger partial charge in [0.15, 0.2) is 0 Å². The lowest BCUT2D eigenvalue weighted by molar-refractivity contribution is 0.125. The van der Waals surface area contributed by atoms with Crippen LogP contribution >= 0.6 is 0 Å². The predicted octanol–water partition coefficient (Wildman–Crippen LogP) is 2.11. The van der Waals surface area contributed by atoms with Gasteiger partial charge in [-0.25, -0.2) is 0 Å². The van der Waals surface area contributed by atoms with Crippen LogP contribution in [-0.2, 0) is 0 Å². The number of nitrogens with one attached hydrogen (secondary N) is 1. The molecule has 2 fully saturated rings. The summed E-state index contributed by atoms with van der Waals surface area (Å²) < 4.78 is 0. The minimum absolute atomic E-state index is 0.608. The first-order valence-corrected chi connectivity index (χ1v) is 6.59. The Morgan fingerprint density at radius 3 is 2.67 bits per heavy atom. The van der Waals surface area contributed by atoms with Crippen LogP contribution < -0.4 is 5.32 Å². The molecule has 2 aliphatic rings. The van der Waals surface area contributed by atoms with Gasteiger partial charge in [-0.15, -0.1) is 0 Å². The highest BCUT2D eigenvalue weighted by molar-refractivity contribution is 4.82. The molecule has 2 heteroatoms. The van der Waals surface area contributed by atoms with Crippen molar-refractivity contribution in [2.24, 2.45) is 11.3 Å². The van der Waals surface area contributed by atoms with E-state index in [1.165, 1.54) is 58.4 Å². The van der Waals surface area contributed by atoms with Gasteiger partial charge in [0, 0.05) is 32.7 Å². The molecule has 0 radical (unpaired) electrons. The first-order valence-electron chi connectivity index (χ1n) is 6.59. The Morgan fingerprint density at radius 2 is 2.00 bits per heavy atom. The first kappa shape index (κ1) is 11.4. The summed E-state index contributed by atoms with van der Waals surface area (Å²) in [6.45, 7) is 11.1. The van der Waals surface area contributed by atoms with E-state index in [1.807, 2.05) is 0 Å². The number of hydrogen-bond acceptors (Lipinski definition) is 2. The lowest BCUT2D eigenvalue weighted by atomic mass is 9.72. The Balaban J connectivity index is 1.78. The predicted molar refractivity (Wildman–Crippen MR) is 65.0 cm³/mol. The molecule has 0 bridgehead atoms. The normalized spacial score (nSPS) is 32.8. The van der Waals surface area contributed by atoms with Crippen LogP contribution in [0.15, 0.2) is 0 Å². The van der Waals surface area contributed by atoms with Crippen LogP contribution in [0.25, 0.3) is 0 Å². The lowest BCUT2D eigenvalue weighted by Gasteiger charge is -2.38. The number of hydrogen-bond donors (Lipinski definition) is 1. The van der Waals surface area contributed by atoms with E-state index in [-0.39, 0.29) is 0 Å². The van der Waals surface area contributed by atoms with E-state index >= 15 is 0 Å². The fourth-order valence-electron chi connectivity index (χ4n) is 3.27. The molecule has 15 heavy (non-hydrogen) atoms. The van der Waals surface area contributed by atoms with E-state index in [0.717, 1.165) is 5.92 Å². The SMILES string of the molecule is CC1(C)CCCC(CN2CCNCC2)C1. The summed E-state index contributed by atoms with van der Waals surface area (Å²) in [5.41, 5.74) is 0.608. The first-order chi connectivity index (χ1) is 7.16. The van der Waals surface area contributed by atoms with Gasteiger partial charge < -0.3 is 10.2 Å². The molecule has 1 atom stereocenters. The fraction of sp³-hybridized carbons (Fsp3) is 1.00. The molecule has 1 saturated carbocycles. The molecule has 1 aliphatic carbocycles. The van der Waals surface area contributed by atoms with E-state index < -0.39 is 0 Å². The van der Waals surface area contributed by atoms with E-state index in [2.05, 4.69) is 24.1 Å². The van der Waals surface area contributed by atoms with Gasteiger partial charge >= 0.3 is 0 Å². The molecule has 2 nitrogen and oxygen atoms in total. The third-order valence-electron chi connectivity index (χ3n) is 4.03. The minimum Gasteiger partial charge on any atom is -0.314 e. The maximum absolute atomic E-state index is 3.43. The maximum Gasteiger partial charge on any atom is 0.0107 e. The Kier molecular flexibility index (Phi) is 3.68. The molecule has 88 valence electrons. The largest absolute Gasteiger partial charge is 0.314 e. The fourth-order valence-corrected chi connectivity index (χ4v) is 3.27. The van der Waals surface area contributed by atoms with Gasteiger partial charge in [0.05, 0.1) is 0 Å². The molecule has 0 aromatic heterocycles. The summed E-state index contributed by atoms with van der Waals surface area (Å²) in [6.07, 6.45) is 5.79. The Morgan fingerprint density at radius 1 is 1.27 bits per heavy atom. The molecule has 0 amide bonds. The molecule has 1 heterocycles. The standard InChI is InChI=1S/C13H26N2/c1-13(2)5-3-4-12(10-13)11-15-8-6-14-7-9-15/h12,14H,3-11H2,1-2H3. The van der Waals surface area contributed by atoms with Crippen LogP contribution in [0.5, 0.6) is 0 Å². The number of nitrogens with zero attached hydrogens (tertiary/aromatic N) is 1. The summed E-state index contributed by atoms with van der Waals surface area (Å²) >= 11 is 0. The second-order valence-corrected chi connectivity index (χ2v) is 6.18. The van der Waals surface area contributed by atoms with E-state index in [4.69, 9.17) is 0 Å². The van der Waals surface area contributed by atoms with Crippen molar-refractivity contribution in [3.05, 3.63) is 0 Å². The van der Waals surface area contributed by atoms with E-state index in [1.54, 1.807) is 0 Å². The third-order valence-corrected chi connectivity index (χ3v) is 4.03. The zero-order valence-corrected chi connectivity index (χ0v) is 10.4. The molecule has 1 N–H and O–H groups in total. The second-order valence-electron chi connectivity index (χ2n) is 6.18. The molecule has 0 aromatic carbocycles. The van der Waals surface area contributed by atoms with Crippen molar-refractivity contribution in [3.8, 4) is 0 Å². The van der Waals surface area contributed by atoms with Crippen molar-refractivity contribution in [3.63, 3.8) is 0 Å². The number of piperazine rings is 1. The molecule has 0 spiro atoms. The smallest absolute Gasteiger partial charge is 0.0107 e. The Labute approximate surface area is 94.4 Å². The van der Waals surface area contributed by atoms with Crippen molar-refractivity contribution in [1.29, 1.82) is 0 Å². The average Bonchev–Trinajstić information content (AvgIpc) is 2.17. The van der Waals surface area contributed by atoms with Gasteiger partial charge in [-0.2, -0.15) is 0 Å². The van der Waals surface area contributed by atoms with Crippen LogP contribution in [0.3, 0.4) is 0 Å². The van der Waals surface area contributed by atoms with Gasteiger partial charge in [0.25, 0.3) is 0 Å². The zero-order chi connectivity index (χ0) is 10.7. The van der Waals surface area contributed by atoms with Crippen molar-refractivity contribution < 1.29 is 0 Å². The van der Waals surface area contributed by atoms with Gasteiger partial charge in [0.1, 0.15) is 0 Å². The van der Waals surface area contributed by atoms with Crippen LogP contribution in [0, 0.1) is 11.3 Å². The lowest BCUT2D eigenvalue weighted by Crippen LogP contribution is -2.46. The summed E-state index contributed by atoms with van der Waals surface area (Å²) in [5, 5.41) is 3.43. The topological polar surface area (TPSA) is 15.3 Å². The Hall–Kier alpha value is -0.0800. The van der Waals surface area contributed by atoms with Crippen molar-refractivity contribution in [2.75, 3.05) is 32.7 Å². The molecular formula is C13H26N2. The molecular weight excluding hydrogens is 184 g/mol. The summed E-state index contributed by atoms with van der Waals surface area (Å²) in [5.74, 6) is 0.965. The average molecular weight is 210 g/mol. The summed E-state index contributed by atoms with van der Waals surface area (Å²) in [7, 11) is 0. The van der Waals surface area contributed by atoms with Crippen LogP contribution in [0.1, 0.15) is 39.5 Å². The van der Waals surface area contributed by atoms with Gasteiger partial charge in [-0.3, -0.25) is 0 Å². The monoisotopic (exact) mass is 210 g/mol. The molecule has 1 aliphatic heterocycles. The third kappa shape index (κ3) is 3.46. The van der Waals surface area contributed by atoms with Crippen LogP contribution in [0.4, 0.5) is 0 Å². The maximum atomic E-state index is 3.43. The zero-order valence-electron chi connectivity index (χ0n) is 10.4. The van der Waals surface area contributed by atoms with Gasteiger partial charge in [-0.05, 0) is 30.6 Å². The quantitative estimate of drug-likeness (QED) is 0.751. The summed E-state index contributed by atoms with van der Waals surface area (Å²) in [4.78, 5) is 2.66. The molecule has 0 aromatic rings. The van der Waals surface area contributed by atoms with Crippen LogP contribution in [-0.4, -0.2) is 37.6 Å². The number of rotatable bonds is 2. The van der Waals surface area contributed by atoms with Crippen LogP contribution in [0.2, 0.25) is 0 Å². The van der Waals surface area contributed by atoms with Gasteiger partial charge in [0.2, 0.25) is 0 Å². The highest BCUT2D eigenvalue weighted by atomic mass is 15.2. The molecule has 1 saturated heterocycles. The highest BCUT2D eigenvalue weighted by Crippen LogP contribution is 2.38. The molecule has 2 rings (SSSR count). The van der Waals surface area contributed by atoms with E-state index in [0.29, 0.717) is 5.41 Å². The Bertz CT molecular complexity index is 195. The van der Waals surface area contributed by atoms with Gasteiger partial charge in [-0.1, -0.05) is 20.3 Å². The summed E-state index contributed by atoms with van der Waals surface area (Å²) in [6, 6.07) is 0. The van der Waals surface area contributed by atoms with E-state index in [9.17, 15) is 0 Å². The van der Waals surface area contributed by atoms with Crippen molar-refractivity contribution in [1.82, 2.24) is 10.2 Å². The minimum atomic E-state index is 0.608. The highest BCUT2D eigenvalue weighted by Gasteiger charge is 2.29. The second kappa shape index (κ2) is 4.84.